The SMILES string of the molecule is C=CCCCC(C)CCCBr. The smallest absolute Gasteiger partial charge is 0.00314 e. The van der Waals surface area contributed by atoms with Crippen molar-refractivity contribution in [1.29, 1.82) is 0 Å². The van der Waals surface area contributed by atoms with E-state index in [1.165, 1.54) is 32.1 Å². The van der Waals surface area contributed by atoms with Gasteiger partial charge in [-0.15, -0.1) is 6.58 Å². The molecule has 0 N–H and O–H groups in total. The van der Waals surface area contributed by atoms with Crippen molar-refractivity contribution in [2.24, 2.45) is 5.92 Å². The zero-order valence-electron chi connectivity index (χ0n) is 7.48. The Kier molecular flexibility index (Phi) is 8.48. The van der Waals surface area contributed by atoms with Crippen LogP contribution in [0.4, 0.5) is 0 Å². The summed E-state index contributed by atoms with van der Waals surface area (Å²) < 4.78 is 0. The summed E-state index contributed by atoms with van der Waals surface area (Å²) in [7, 11) is 0. The summed E-state index contributed by atoms with van der Waals surface area (Å²) in [6.07, 6.45) is 8.54. The minimum Gasteiger partial charge on any atom is -0.103 e. The highest BCUT2D eigenvalue weighted by atomic mass is 79.9. The first-order valence-electron chi connectivity index (χ1n) is 4.48. The van der Waals surface area contributed by atoms with Crippen molar-refractivity contribution >= 4 is 15.9 Å². The molecule has 0 saturated carbocycles. The van der Waals surface area contributed by atoms with E-state index in [2.05, 4.69) is 29.4 Å². The highest BCUT2D eigenvalue weighted by Crippen LogP contribution is 2.14. The van der Waals surface area contributed by atoms with Gasteiger partial charge in [-0.2, -0.15) is 0 Å². The van der Waals surface area contributed by atoms with Crippen molar-refractivity contribution in [3.05, 3.63) is 12.7 Å². The summed E-state index contributed by atoms with van der Waals surface area (Å²) in [5.74, 6) is 0.896. The molecule has 0 nitrogen and oxygen atoms in total. The molecule has 0 heterocycles. The molecule has 0 aromatic rings. The Morgan fingerprint density at radius 1 is 1.36 bits per heavy atom. The predicted octanol–water partition coefficient (Wildman–Crippen LogP) is 4.15. The maximum Gasteiger partial charge on any atom is 0.00314 e. The van der Waals surface area contributed by atoms with Crippen molar-refractivity contribution in [3.63, 3.8) is 0 Å². The molecule has 1 heteroatoms. The molecule has 0 aromatic heterocycles. The van der Waals surface area contributed by atoms with Crippen LogP contribution in [0.3, 0.4) is 0 Å². The Hall–Kier alpha value is 0.220. The lowest BCUT2D eigenvalue weighted by atomic mass is 9.99. The Morgan fingerprint density at radius 3 is 2.55 bits per heavy atom. The fourth-order valence-corrected chi connectivity index (χ4v) is 1.50. The number of hydrogen-bond acceptors (Lipinski definition) is 0. The standard InChI is InChI=1S/C10H19Br/c1-3-4-5-7-10(2)8-6-9-11/h3,10H,1,4-9H2,2H3. The van der Waals surface area contributed by atoms with Crippen LogP contribution < -0.4 is 0 Å². The molecular formula is C10H19Br. The molecule has 66 valence electrons. The van der Waals surface area contributed by atoms with Crippen molar-refractivity contribution in [1.82, 2.24) is 0 Å². The number of halogens is 1. The van der Waals surface area contributed by atoms with E-state index in [1.54, 1.807) is 0 Å². The van der Waals surface area contributed by atoms with Gasteiger partial charge in [0.05, 0.1) is 0 Å². The Labute approximate surface area is 79.2 Å². The van der Waals surface area contributed by atoms with E-state index in [0.29, 0.717) is 0 Å². The fourth-order valence-electron chi connectivity index (χ4n) is 1.18. The molecule has 0 amide bonds. The summed E-state index contributed by atoms with van der Waals surface area (Å²) in [5, 5.41) is 1.15. The third-order valence-corrected chi connectivity index (χ3v) is 2.50. The second-order valence-corrected chi connectivity index (χ2v) is 3.95. The maximum atomic E-state index is 3.71. The highest BCUT2D eigenvalue weighted by molar-refractivity contribution is 9.09. The molecule has 0 aliphatic heterocycles. The Bertz CT molecular complexity index is 88.9. The molecule has 0 aliphatic rings. The predicted molar refractivity (Wildman–Crippen MR) is 56.2 cm³/mol. The Morgan fingerprint density at radius 2 is 2.00 bits per heavy atom. The largest absolute Gasteiger partial charge is 0.103 e. The van der Waals surface area contributed by atoms with Crippen molar-refractivity contribution in [3.8, 4) is 0 Å². The molecule has 0 bridgehead atoms. The number of hydrogen-bond donors (Lipinski definition) is 0. The van der Waals surface area contributed by atoms with Crippen molar-refractivity contribution in [2.45, 2.75) is 39.0 Å². The summed E-state index contributed by atoms with van der Waals surface area (Å²) in [5.41, 5.74) is 0. The normalized spacial score (nSPS) is 12.9. The fraction of sp³-hybridized carbons (Fsp3) is 0.800. The van der Waals surface area contributed by atoms with E-state index >= 15 is 0 Å². The minimum atomic E-state index is 0.896. The number of allylic oxidation sites excluding steroid dienone is 1. The van der Waals surface area contributed by atoms with Crippen LogP contribution in [0.2, 0.25) is 0 Å². The number of rotatable bonds is 7. The molecule has 0 radical (unpaired) electrons. The summed E-state index contributed by atoms with van der Waals surface area (Å²) in [6, 6.07) is 0. The number of unbranched alkanes of at least 4 members (excludes halogenated alkanes) is 1. The van der Waals surface area contributed by atoms with Gasteiger partial charge in [-0.05, 0) is 31.6 Å². The van der Waals surface area contributed by atoms with Gasteiger partial charge in [0.25, 0.3) is 0 Å². The molecule has 0 spiro atoms. The first-order valence-corrected chi connectivity index (χ1v) is 5.60. The average molecular weight is 219 g/mol. The van der Waals surface area contributed by atoms with Gasteiger partial charge >= 0.3 is 0 Å². The Balaban J connectivity index is 3.08. The zero-order valence-corrected chi connectivity index (χ0v) is 9.07. The second kappa shape index (κ2) is 8.32. The van der Waals surface area contributed by atoms with Crippen LogP contribution in [0.5, 0.6) is 0 Å². The van der Waals surface area contributed by atoms with Crippen molar-refractivity contribution in [2.75, 3.05) is 5.33 Å². The molecule has 0 fully saturated rings. The zero-order chi connectivity index (χ0) is 8.53. The maximum absolute atomic E-state index is 3.71. The van der Waals surface area contributed by atoms with E-state index in [0.717, 1.165) is 11.2 Å². The van der Waals surface area contributed by atoms with Gasteiger partial charge < -0.3 is 0 Å². The van der Waals surface area contributed by atoms with E-state index in [4.69, 9.17) is 0 Å². The molecule has 1 atom stereocenters. The third kappa shape index (κ3) is 8.12. The van der Waals surface area contributed by atoms with Gasteiger partial charge in [0.15, 0.2) is 0 Å². The summed E-state index contributed by atoms with van der Waals surface area (Å²) in [4.78, 5) is 0. The molecule has 1 unspecified atom stereocenters. The number of alkyl halides is 1. The van der Waals surface area contributed by atoms with Crippen LogP contribution in [-0.4, -0.2) is 5.33 Å². The topological polar surface area (TPSA) is 0 Å². The van der Waals surface area contributed by atoms with Crippen LogP contribution >= 0.6 is 15.9 Å². The molecule has 0 aromatic carbocycles. The van der Waals surface area contributed by atoms with Gasteiger partial charge in [0, 0.05) is 5.33 Å². The van der Waals surface area contributed by atoms with Crippen LogP contribution in [-0.2, 0) is 0 Å². The monoisotopic (exact) mass is 218 g/mol. The van der Waals surface area contributed by atoms with E-state index in [1.807, 2.05) is 6.08 Å². The average Bonchev–Trinajstić information content (AvgIpc) is 2.01. The lowest BCUT2D eigenvalue weighted by Crippen LogP contribution is -1.94. The van der Waals surface area contributed by atoms with Crippen molar-refractivity contribution < 1.29 is 0 Å². The molecular weight excluding hydrogens is 200 g/mol. The lowest BCUT2D eigenvalue weighted by Gasteiger charge is -2.08. The summed E-state index contributed by atoms with van der Waals surface area (Å²) in [6.45, 7) is 6.05. The second-order valence-electron chi connectivity index (χ2n) is 3.16. The minimum absolute atomic E-state index is 0.896. The highest BCUT2D eigenvalue weighted by Gasteiger charge is 1.99. The van der Waals surface area contributed by atoms with Crippen LogP contribution in [0.25, 0.3) is 0 Å². The van der Waals surface area contributed by atoms with E-state index in [-0.39, 0.29) is 0 Å². The van der Waals surface area contributed by atoms with Gasteiger partial charge in [-0.3, -0.25) is 0 Å². The summed E-state index contributed by atoms with van der Waals surface area (Å²) >= 11 is 3.44. The van der Waals surface area contributed by atoms with Gasteiger partial charge in [-0.1, -0.05) is 35.4 Å². The van der Waals surface area contributed by atoms with Crippen LogP contribution in [0.1, 0.15) is 39.0 Å². The first kappa shape index (κ1) is 11.2. The lowest BCUT2D eigenvalue weighted by molar-refractivity contribution is 0.474. The quantitative estimate of drug-likeness (QED) is 0.342. The molecule has 11 heavy (non-hydrogen) atoms. The van der Waals surface area contributed by atoms with Crippen LogP contribution in [0, 0.1) is 5.92 Å². The third-order valence-electron chi connectivity index (χ3n) is 1.94. The molecule has 0 rings (SSSR count). The van der Waals surface area contributed by atoms with E-state index < -0.39 is 0 Å². The van der Waals surface area contributed by atoms with Crippen LogP contribution in [0.15, 0.2) is 12.7 Å². The molecule has 0 saturated heterocycles. The van der Waals surface area contributed by atoms with Gasteiger partial charge in [0.1, 0.15) is 0 Å². The van der Waals surface area contributed by atoms with Gasteiger partial charge in [-0.25, -0.2) is 0 Å². The van der Waals surface area contributed by atoms with Gasteiger partial charge in [0.2, 0.25) is 0 Å². The van der Waals surface area contributed by atoms with E-state index in [9.17, 15) is 0 Å². The molecule has 0 aliphatic carbocycles. The first-order chi connectivity index (χ1) is 5.31.